The Morgan fingerprint density at radius 2 is 1.84 bits per heavy atom. The van der Waals surface area contributed by atoms with E-state index in [0.29, 0.717) is 5.92 Å². The molecule has 1 spiro atoms. The van der Waals surface area contributed by atoms with Gasteiger partial charge < -0.3 is 9.84 Å². The average Bonchev–Trinajstić information content (AvgIpc) is 2.78. The fourth-order valence-corrected chi connectivity index (χ4v) is 3.83. The van der Waals surface area contributed by atoms with Crippen molar-refractivity contribution < 1.29 is 9.84 Å². The van der Waals surface area contributed by atoms with Gasteiger partial charge in [-0.05, 0) is 31.2 Å². The first-order chi connectivity index (χ1) is 9.31. The van der Waals surface area contributed by atoms with Crippen LogP contribution in [0.4, 0.5) is 0 Å². The van der Waals surface area contributed by atoms with Gasteiger partial charge in [-0.15, -0.1) is 0 Å². The summed E-state index contributed by atoms with van der Waals surface area (Å²) in [7, 11) is 0. The number of ether oxygens (including phenoxy) is 1. The van der Waals surface area contributed by atoms with Gasteiger partial charge in [0.15, 0.2) is 0 Å². The summed E-state index contributed by atoms with van der Waals surface area (Å²) in [6.45, 7) is 0.263. The van der Waals surface area contributed by atoms with Gasteiger partial charge in [-0.2, -0.15) is 0 Å². The molecular weight excluding hydrogens is 236 g/mol. The number of benzene rings is 1. The van der Waals surface area contributed by atoms with E-state index in [0.717, 1.165) is 12.8 Å². The van der Waals surface area contributed by atoms with Crippen LogP contribution in [0.25, 0.3) is 0 Å². The first kappa shape index (κ1) is 13.1. The summed E-state index contributed by atoms with van der Waals surface area (Å²) >= 11 is 0. The van der Waals surface area contributed by atoms with Gasteiger partial charge >= 0.3 is 0 Å². The Labute approximate surface area is 115 Å². The van der Waals surface area contributed by atoms with Crippen molar-refractivity contribution in [2.45, 2.75) is 56.7 Å². The fourth-order valence-electron chi connectivity index (χ4n) is 3.83. The first-order valence-corrected chi connectivity index (χ1v) is 7.64. The molecular formula is C17H24O2. The summed E-state index contributed by atoms with van der Waals surface area (Å²) in [6, 6.07) is 10.5. The molecule has 3 rings (SSSR count). The van der Waals surface area contributed by atoms with Crippen LogP contribution < -0.4 is 0 Å². The minimum absolute atomic E-state index is 0.0884. The molecule has 1 saturated heterocycles. The van der Waals surface area contributed by atoms with Crippen LogP contribution in [0.2, 0.25) is 0 Å². The van der Waals surface area contributed by atoms with E-state index in [9.17, 15) is 5.11 Å². The molecule has 1 saturated carbocycles. The van der Waals surface area contributed by atoms with Crippen molar-refractivity contribution in [3.63, 3.8) is 0 Å². The molecule has 1 N–H and O–H groups in total. The minimum atomic E-state index is 0.0884. The molecule has 2 fully saturated rings. The average molecular weight is 260 g/mol. The lowest BCUT2D eigenvalue weighted by Gasteiger charge is -2.33. The summed E-state index contributed by atoms with van der Waals surface area (Å²) in [5.41, 5.74) is 1.41. The molecule has 19 heavy (non-hydrogen) atoms. The van der Waals surface area contributed by atoms with Crippen LogP contribution in [0.15, 0.2) is 30.3 Å². The zero-order chi connectivity index (χ0) is 13.1. The lowest BCUT2D eigenvalue weighted by Crippen LogP contribution is -2.32. The van der Waals surface area contributed by atoms with Gasteiger partial charge in [-0.1, -0.05) is 49.6 Å². The summed E-state index contributed by atoms with van der Waals surface area (Å²) in [4.78, 5) is 0. The third kappa shape index (κ3) is 2.85. The highest BCUT2D eigenvalue weighted by Gasteiger charge is 2.46. The fraction of sp³-hybridized carbons (Fsp3) is 0.647. The lowest BCUT2D eigenvalue weighted by molar-refractivity contribution is -0.0671. The van der Waals surface area contributed by atoms with Crippen LogP contribution in [-0.4, -0.2) is 23.4 Å². The van der Waals surface area contributed by atoms with Crippen LogP contribution in [-0.2, 0) is 11.2 Å². The van der Waals surface area contributed by atoms with Gasteiger partial charge in [0.2, 0.25) is 0 Å². The Morgan fingerprint density at radius 3 is 2.53 bits per heavy atom. The topological polar surface area (TPSA) is 29.5 Å². The van der Waals surface area contributed by atoms with Crippen molar-refractivity contribution >= 4 is 0 Å². The van der Waals surface area contributed by atoms with E-state index >= 15 is 0 Å². The second kappa shape index (κ2) is 5.64. The van der Waals surface area contributed by atoms with E-state index in [2.05, 4.69) is 24.3 Å². The van der Waals surface area contributed by atoms with Crippen LogP contribution in [0.3, 0.4) is 0 Å². The van der Waals surface area contributed by atoms with Crippen LogP contribution in [0.1, 0.15) is 44.1 Å². The lowest BCUT2D eigenvalue weighted by atomic mass is 9.80. The molecule has 0 bridgehead atoms. The number of hydrogen-bond donors (Lipinski definition) is 1. The molecule has 2 atom stereocenters. The molecule has 0 amide bonds. The second-order valence-electron chi connectivity index (χ2n) is 6.24. The Hall–Kier alpha value is -0.860. The third-order valence-electron chi connectivity index (χ3n) is 4.84. The molecule has 0 unspecified atom stereocenters. The van der Waals surface area contributed by atoms with Gasteiger partial charge in [0.1, 0.15) is 0 Å². The molecule has 2 aliphatic rings. The maximum absolute atomic E-state index is 9.65. The number of aliphatic hydroxyl groups excluding tert-OH is 1. The van der Waals surface area contributed by atoms with E-state index in [1.807, 2.05) is 6.07 Å². The molecule has 2 heteroatoms. The Morgan fingerprint density at radius 1 is 1.11 bits per heavy atom. The number of rotatable bonds is 3. The van der Waals surface area contributed by atoms with Crippen molar-refractivity contribution in [1.82, 2.24) is 0 Å². The van der Waals surface area contributed by atoms with Gasteiger partial charge in [-0.3, -0.25) is 0 Å². The van der Waals surface area contributed by atoms with Gasteiger partial charge in [-0.25, -0.2) is 0 Å². The molecule has 0 radical (unpaired) electrons. The predicted octanol–water partition coefficient (Wildman–Crippen LogP) is 3.33. The highest BCUT2D eigenvalue weighted by molar-refractivity contribution is 5.16. The van der Waals surface area contributed by atoms with Crippen LogP contribution in [0, 0.1) is 5.92 Å². The van der Waals surface area contributed by atoms with Crippen LogP contribution in [0.5, 0.6) is 0 Å². The molecule has 2 nitrogen and oxygen atoms in total. The smallest absolute Gasteiger partial charge is 0.0691 e. The molecule has 104 valence electrons. The Balaban J connectivity index is 1.70. The predicted molar refractivity (Wildman–Crippen MR) is 76.0 cm³/mol. The zero-order valence-electron chi connectivity index (χ0n) is 11.6. The standard InChI is InChI=1S/C17H24O2/c18-13-15-12-17(9-5-2-6-10-17)19-16(15)11-14-7-3-1-4-8-14/h1,3-4,7-8,15-16,18H,2,5-6,9-13H2/t15-,16-/m1/s1. The monoisotopic (exact) mass is 260 g/mol. The molecule has 1 heterocycles. The molecule has 1 aromatic carbocycles. The van der Waals surface area contributed by atoms with Crippen molar-refractivity contribution in [3.8, 4) is 0 Å². The summed E-state index contributed by atoms with van der Waals surface area (Å²) < 4.78 is 6.44. The number of hydrogen-bond acceptors (Lipinski definition) is 2. The maximum atomic E-state index is 9.65. The number of aliphatic hydroxyl groups is 1. The molecule has 1 aromatic rings. The third-order valence-corrected chi connectivity index (χ3v) is 4.84. The zero-order valence-corrected chi connectivity index (χ0v) is 11.6. The first-order valence-electron chi connectivity index (χ1n) is 7.64. The Bertz CT molecular complexity index is 395. The summed E-state index contributed by atoms with van der Waals surface area (Å²) in [5, 5.41) is 9.65. The normalized spacial score (nSPS) is 29.7. The summed E-state index contributed by atoms with van der Waals surface area (Å²) in [6.07, 6.45) is 8.49. The van der Waals surface area contributed by atoms with Crippen LogP contribution >= 0.6 is 0 Å². The molecule has 0 aromatic heterocycles. The van der Waals surface area contributed by atoms with Crippen molar-refractivity contribution in [2.24, 2.45) is 5.92 Å². The van der Waals surface area contributed by atoms with E-state index in [1.54, 1.807) is 0 Å². The maximum Gasteiger partial charge on any atom is 0.0691 e. The molecule has 1 aliphatic heterocycles. The van der Waals surface area contributed by atoms with Crippen molar-refractivity contribution in [3.05, 3.63) is 35.9 Å². The van der Waals surface area contributed by atoms with Crippen molar-refractivity contribution in [1.29, 1.82) is 0 Å². The van der Waals surface area contributed by atoms with E-state index < -0.39 is 0 Å². The highest BCUT2D eigenvalue weighted by Crippen LogP contribution is 2.45. The molecule has 1 aliphatic carbocycles. The summed E-state index contributed by atoms with van der Waals surface area (Å²) in [5.74, 6) is 0.318. The highest BCUT2D eigenvalue weighted by atomic mass is 16.5. The van der Waals surface area contributed by atoms with E-state index in [1.165, 1.54) is 37.7 Å². The van der Waals surface area contributed by atoms with Gasteiger partial charge in [0, 0.05) is 12.5 Å². The quantitative estimate of drug-likeness (QED) is 0.903. The van der Waals surface area contributed by atoms with E-state index in [4.69, 9.17) is 4.74 Å². The Kier molecular flexibility index (Phi) is 3.90. The second-order valence-corrected chi connectivity index (χ2v) is 6.24. The minimum Gasteiger partial charge on any atom is -0.396 e. The van der Waals surface area contributed by atoms with Gasteiger partial charge in [0.05, 0.1) is 11.7 Å². The van der Waals surface area contributed by atoms with E-state index in [-0.39, 0.29) is 18.3 Å². The largest absolute Gasteiger partial charge is 0.396 e. The van der Waals surface area contributed by atoms with Gasteiger partial charge in [0.25, 0.3) is 0 Å². The SMILES string of the molecule is OC[C@H]1CC2(CCCCC2)O[C@@H]1Cc1ccccc1. The van der Waals surface area contributed by atoms with Crippen molar-refractivity contribution in [2.75, 3.05) is 6.61 Å².